The lowest BCUT2D eigenvalue weighted by molar-refractivity contribution is -0.0205. The van der Waals surface area contributed by atoms with Gasteiger partial charge in [0.2, 0.25) is 6.23 Å². The minimum Gasteiger partial charge on any atom is -0.493 e. The molecule has 29 heavy (non-hydrogen) atoms. The smallest absolute Gasteiger partial charge is 0.217 e. The van der Waals surface area contributed by atoms with Crippen LogP contribution < -0.4 is 9.47 Å². The first kappa shape index (κ1) is 18.1. The fourth-order valence-electron chi connectivity index (χ4n) is 4.03. The lowest BCUT2D eigenvalue weighted by atomic mass is 9.96. The Labute approximate surface area is 175 Å². The van der Waals surface area contributed by atoms with Gasteiger partial charge in [-0.1, -0.05) is 54.1 Å². The molecular weight excluding hydrogens is 384 g/mol. The Balaban J connectivity index is 1.60. The van der Waals surface area contributed by atoms with Crippen molar-refractivity contribution in [3.8, 4) is 11.5 Å². The number of hydrogen-bond acceptors (Lipinski definition) is 4. The highest BCUT2D eigenvalue weighted by atomic mass is 35.5. The zero-order valence-corrected chi connectivity index (χ0v) is 16.8. The van der Waals surface area contributed by atoms with Crippen LogP contribution in [-0.2, 0) is 0 Å². The van der Waals surface area contributed by atoms with Gasteiger partial charge >= 0.3 is 0 Å². The summed E-state index contributed by atoms with van der Waals surface area (Å²) in [6.07, 6.45) is 0.470. The Kier molecular flexibility index (Phi) is 4.64. The van der Waals surface area contributed by atoms with E-state index >= 15 is 0 Å². The Bertz CT molecular complexity index is 1060. The summed E-state index contributed by atoms with van der Waals surface area (Å²) in [6.45, 7) is 2.59. The van der Waals surface area contributed by atoms with E-state index < -0.39 is 0 Å². The van der Waals surface area contributed by atoms with Gasteiger partial charge in [-0.2, -0.15) is 5.10 Å². The first-order chi connectivity index (χ1) is 14.2. The van der Waals surface area contributed by atoms with Crippen molar-refractivity contribution < 1.29 is 9.47 Å². The van der Waals surface area contributed by atoms with Crippen LogP contribution in [0.2, 0.25) is 5.02 Å². The summed E-state index contributed by atoms with van der Waals surface area (Å²) in [5, 5.41) is 7.79. The van der Waals surface area contributed by atoms with E-state index in [1.807, 2.05) is 61.5 Å². The van der Waals surface area contributed by atoms with E-state index in [-0.39, 0.29) is 12.3 Å². The van der Waals surface area contributed by atoms with E-state index in [0.717, 1.165) is 45.3 Å². The quantitative estimate of drug-likeness (QED) is 0.536. The molecule has 0 aliphatic carbocycles. The van der Waals surface area contributed by atoms with Gasteiger partial charge in [0.25, 0.3) is 0 Å². The predicted molar refractivity (Wildman–Crippen MR) is 115 cm³/mol. The van der Waals surface area contributed by atoms with Gasteiger partial charge < -0.3 is 9.47 Å². The molecule has 4 nitrogen and oxygen atoms in total. The molecule has 146 valence electrons. The fourth-order valence-corrected chi connectivity index (χ4v) is 4.15. The Morgan fingerprint density at radius 2 is 1.72 bits per heavy atom. The molecule has 3 aromatic carbocycles. The molecule has 0 saturated carbocycles. The SMILES string of the molecule is CCOc1ccccc1C1Oc2ccccc2C2CC(c3ccc(Cl)cc3)=NN21. The second-order valence-corrected chi connectivity index (χ2v) is 7.57. The summed E-state index contributed by atoms with van der Waals surface area (Å²) in [7, 11) is 0. The van der Waals surface area contributed by atoms with Crippen LogP contribution in [0.3, 0.4) is 0 Å². The number of para-hydroxylation sites is 2. The molecule has 0 spiro atoms. The van der Waals surface area contributed by atoms with Crippen LogP contribution in [0.25, 0.3) is 0 Å². The van der Waals surface area contributed by atoms with Crippen LogP contribution in [0.1, 0.15) is 42.3 Å². The summed E-state index contributed by atoms with van der Waals surface area (Å²) in [4.78, 5) is 0. The van der Waals surface area contributed by atoms with Crippen molar-refractivity contribution in [2.24, 2.45) is 5.10 Å². The first-order valence-electron chi connectivity index (χ1n) is 9.83. The maximum atomic E-state index is 6.44. The molecule has 0 radical (unpaired) electrons. The van der Waals surface area contributed by atoms with Crippen molar-refractivity contribution in [2.45, 2.75) is 25.6 Å². The number of nitrogens with zero attached hydrogens (tertiary/aromatic N) is 2. The summed E-state index contributed by atoms with van der Waals surface area (Å²) in [6, 6.07) is 24.2. The zero-order chi connectivity index (χ0) is 19.8. The van der Waals surface area contributed by atoms with Crippen LogP contribution >= 0.6 is 11.6 Å². The molecule has 0 saturated heterocycles. The molecule has 5 heteroatoms. The highest BCUT2D eigenvalue weighted by Gasteiger charge is 2.41. The normalized spacial score (nSPS) is 19.8. The summed E-state index contributed by atoms with van der Waals surface area (Å²) in [5.41, 5.74) is 4.25. The lowest BCUT2D eigenvalue weighted by Gasteiger charge is -2.38. The van der Waals surface area contributed by atoms with Crippen LogP contribution in [0.15, 0.2) is 77.9 Å². The Morgan fingerprint density at radius 3 is 2.52 bits per heavy atom. The van der Waals surface area contributed by atoms with Gasteiger partial charge in [-0.05, 0) is 42.8 Å². The standard InChI is InChI=1S/C24H21ClN2O2/c1-2-28-22-9-5-4-8-19(22)24-27-21(18-7-3-6-10-23(18)29-24)15-20(26-27)16-11-13-17(25)14-12-16/h3-14,21,24H,2,15H2,1H3. The second-order valence-electron chi connectivity index (χ2n) is 7.13. The molecular formula is C24H21ClN2O2. The van der Waals surface area contributed by atoms with Gasteiger partial charge in [0, 0.05) is 17.0 Å². The van der Waals surface area contributed by atoms with Gasteiger partial charge in [-0.15, -0.1) is 0 Å². The van der Waals surface area contributed by atoms with Crippen LogP contribution in [0, 0.1) is 0 Å². The van der Waals surface area contributed by atoms with Crippen molar-refractivity contribution in [1.82, 2.24) is 5.01 Å². The minimum absolute atomic E-state index is 0.116. The van der Waals surface area contributed by atoms with Crippen molar-refractivity contribution in [3.05, 3.63) is 94.5 Å². The molecule has 0 aromatic heterocycles. The Morgan fingerprint density at radius 1 is 1.00 bits per heavy atom. The minimum atomic E-state index is -0.345. The topological polar surface area (TPSA) is 34.1 Å². The Hall–Kier alpha value is -2.98. The van der Waals surface area contributed by atoms with E-state index in [1.54, 1.807) is 0 Å². The first-order valence-corrected chi connectivity index (χ1v) is 10.2. The maximum absolute atomic E-state index is 6.44. The molecule has 0 fully saturated rings. The average molecular weight is 405 g/mol. The van der Waals surface area contributed by atoms with Crippen LogP contribution in [0.4, 0.5) is 0 Å². The molecule has 2 aliphatic rings. The molecule has 2 heterocycles. The third kappa shape index (κ3) is 3.23. The number of hydrazone groups is 1. The molecule has 3 aromatic rings. The van der Waals surface area contributed by atoms with E-state index in [4.69, 9.17) is 26.2 Å². The molecule has 2 aliphatic heterocycles. The van der Waals surface area contributed by atoms with Crippen LogP contribution in [0.5, 0.6) is 11.5 Å². The molecule has 0 amide bonds. The number of hydrogen-bond donors (Lipinski definition) is 0. The lowest BCUT2D eigenvalue weighted by Crippen LogP contribution is -2.34. The predicted octanol–water partition coefficient (Wildman–Crippen LogP) is 5.98. The summed E-state index contributed by atoms with van der Waals surface area (Å²) in [5.74, 6) is 1.73. The monoisotopic (exact) mass is 404 g/mol. The third-order valence-corrected chi connectivity index (χ3v) is 5.61. The molecule has 0 N–H and O–H groups in total. The van der Waals surface area contributed by atoms with E-state index in [9.17, 15) is 0 Å². The van der Waals surface area contributed by atoms with Crippen LogP contribution in [-0.4, -0.2) is 17.3 Å². The fraction of sp³-hybridized carbons (Fsp3) is 0.208. The number of benzene rings is 3. The number of halogens is 1. The molecule has 2 unspecified atom stereocenters. The number of fused-ring (bicyclic) bond motifs is 3. The molecule has 2 atom stereocenters. The summed E-state index contributed by atoms with van der Waals surface area (Å²) < 4.78 is 12.3. The van der Waals surface area contributed by atoms with Crippen molar-refractivity contribution in [1.29, 1.82) is 0 Å². The molecule has 0 bridgehead atoms. The number of rotatable bonds is 4. The van der Waals surface area contributed by atoms with Crippen molar-refractivity contribution in [2.75, 3.05) is 6.61 Å². The average Bonchev–Trinajstić information content (AvgIpc) is 3.20. The van der Waals surface area contributed by atoms with E-state index in [2.05, 4.69) is 23.2 Å². The molecule has 5 rings (SSSR count). The zero-order valence-electron chi connectivity index (χ0n) is 16.1. The highest BCUT2D eigenvalue weighted by molar-refractivity contribution is 6.30. The second kappa shape index (κ2) is 7.45. The third-order valence-electron chi connectivity index (χ3n) is 5.36. The highest BCUT2D eigenvalue weighted by Crippen LogP contribution is 2.48. The van der Waals surface area contributed by atoms with Gasteiger partial charge in [0.05, 0.1) is 23.9 Å². The van der Waals surface area contributed by atoms with Gasteiger partial charge in [0.15, 0.2) is 0 Å². The number of ether oxygens (including phenoxy) is 2. The van der Waals surface area contributed by atoms with Gasteiger partial charge in [-0.25, -0.2) is 5.01 Å². The maximum Gasteiger partial charge on any atom is 0.217 e. The van der Waals surface area contributed by atoms with Crippen molar-refractivity contribution in [3.63, 3.8) is 0 Å². The van der Waals surface area contributed by atoms with Crippen molar-refractivity contribution >= 4 is 17.3 Å². The van der Waals surface area contributed by atoms with E-state index in [1.165, 1.54) is 0 Å². The summed E-state index contributed by atoms with van der Waals surface area (Å²) >= 11 is 6.07. The van der Waals surface area contributed by atoms with Gasteiger partial charge in [0.1, 0.15) is 11.5 Å². The largest absolute Gasteiger partial charge is 0.493 e. The van der Waals surface area contributed by atoms with Gasteiger partial charge in [-0.3, -0.25) is 0 Å². The van der Waals surface area contributed by atoms with E-state index in [0.29, 0.717) is 6.61 Å².